The number of allylic oxidation sites excluding steroid dienone is 2. The molecule has 138 valence electrons. The van der Waals surface area contributed by atoms with Gasteiger partial charge in [-0.05, 0) is 44.0 Å². The predicted octanol–water partition coefficient (Wildman–Crippen LogP) is 3.45. The fourth-order valence-electron chi connectivity index (χ4n) is 2.49. The van der Waals surface area contributed by atoms with E-state index < -0.39 is 6.09 Å². The third kappa shape index (κ3) is 5.05. The summed E-state index contributed by atoms with van der Waals surface area (Å²) in [7, 11) is 1.72. The van der Waals surface area contributed by atoms with E-state index in [1.54, 1.807) is 19.2 Å². The number of fused-ring (bicyclic) bond motifs is 2. The lowest BCUT2D eigenvalue weighted by molar-refractivity contribution is 0.154. The van der Waals surface area contributed by atoms with Crippen LogP contribution in [0.15, 0.2) is 52.6 Å². The third-order valence-corrected chi connectivity index (χ3v) is 3.93. The number of carbonyl (C=O) groups is 1. The number of benzene rings is 1. The maximum atomic E-state index is 11.8. The molecule has 0 atom stereocenters. The van der Waals surface area contributed by atoms with Crippen molar-refractivity contribution in [2.75, 3.05) is 26.8 Å². The van der Waals surface area contributed by atoms with E-state index in [2.05, 4.69) is 21.9 Å². The van der Waals surface area contributed by atoms with Gasteiger partial charge >= 0.3 is 6.09 Å². The van der Waals surface area contributed by atoms with E-state index in [9.17, 15) is 4.79 Å². The molecule has 0 radical (unpaired) electrons. The molecule has 1 aliphatic heterocycles. The third-order valence-electron chi connectivity index (χ3n) is 3.93. The molecule has 2 rings (SSSR count). The summed E-state index contributed by atoms with van der Waals surface area (Å²) in [6.07, 6.45) is 3.65. The zero-order valence-corrected chi connectivity index (χ0v) is 15.5. The van der Waals surface area contributed by atoms with Crippen molar-refractivity contribution >= 4 is 17.5 Å². The molecule has 0 saturated carbocycles. The molecule has 1 aromatic carbocycles. The van der Waals surface area contributed by atoms with Crippen LogP contribution in [0, 0.1) is 6.92 Å². The second kappa shape index (κ2) is 9.56. The van der Waals surface area contributed by atoms with Crippen LogP contribution in [0.3, 0.4) is 0 Å². The Labute approximate surface area is 154 Å². The molecule has 0 fully saturated rings. The molecule has 26 heavy (non-hydrogen) atoms. The number of nitrogens with one attached hydrogen (secondary N) is 1. The lowest BCUT2D eigenvalue weighted by atomic mass is 10.00. The van der Waals surface area contributed by atoms with Crippen LogP contribution in [-0.4, -0.2) is 44.3 Å². The van der Waals surface area contributed by atoms with Crippen LogP contribution in [0.4, 0.5) is 4.79 Å². The number of hydrogen-bond donors (Lipinski definition) is 1. The van der Waals surface area contributed by atoms with Crippen LogP contribution in [0.2, 0.25) is 0 Å². The molecule has 1 amide bonds. The van der Waals surface area contributed by atoms with Crippen LogP contribution in [-0.2, 0) is 4.74 Å². The number of carbonyl (C=O) groups excluding carboxylic acids is 1. The van der Waals surface area contributed by atoms with Crippen molar-refractivity contribution in [2.45, 2.75) is 20.3 Å². The molecule has 0 aromatic heterocycles. The van der Waals surface area contributed by atoms with Gasteiger partial charge < -0.3 is 14.8 Å². The zero-order chi connectivity index (χ0) is 18.9. The Morgan fingerprint density at radius 2 is 2.15 bits per heavy atom. The molecule has 6 nitrogen and oxygen atoms in total. The molecule has 6 heteroatoms. The van der Waals surface area contributed by atoms with Gasteiger partial charge in [-0.25, -0.2) is 9.79 Å². The van der Waals surface area contributed by atoms with E-state index >= 15 is 0 Å². The van der Waals surface area contributed by atoms with Crippen molar-refractivity contribution < 1.29 is 14.3 Å². The molecule has 0 spiro atoms. The summed E-state index contributed by atoms with van der Waals surface area (Å²) in [5, 5.41) is 2.70. The number of rotatable bonds is 1. The first-order valence-electron chi connectivity index (χ1n) is 8.57. The number of ether oxygens (including phenoxy) is 2. The van der Waals surface area contributed by atoms with Gasteiger partial charge in [0.05, 0.1) is 23.7 Å². The summed E-state index contributed by atoms with van der Waals surface area (Å²) in [5.74, 6) is 0.749. The lowest BCUT2D eigenvalue weighted by Gasteiger charge is -2.13. The molecule has 1 heterocycles. The highest BCUT2D eigenvalue weighted by Crippen LogP contribution is 2.20. The zero-order valence-electron chi connectivity index (χ0n) is 15.5. The Morgan fingerprint density at radius 3 is 2.85 bits per heavy atom. The summed E-state index contributed by atoms with van der Waals surface area (Å²) in [6.45, 7) is 8.77. The summed E-state index contributed by atoms with van der Waals surface area (Å²) >= 11 is 0. The van der Waals surface area contributed by atoms with Crippen LogP contribution in [0.5, 0.6) is 5.75 Å². The number of hydrogen-bond acceptors (Lipinski definition) is 5. The highest BCUT2D eigenvalue weighted by molar-refractivity contribution is 6.52. The summed E-state index contributed by atoms with van der Waals surface area (Å²) in [5.41, 5.74) is 3.94. The summed E-state index contributed by atoms with van der Waals surface area (Å²) in [4.78, 5) is 20.8. The topological polar surface area (TPSA) is 72.3 Å². The quantitative estimate of drug-likeness (QED) is 0.838. The Balaban J connectivity index is 2.49. The van der Waals surface area contributed by atoms with Gasteiger partial charge in [-0.15, -0.1) is 0 Å². The molecule has 0 unspecified atom stereocenters. The van der Waals surface area contributed by atoms with Crippen LogP contribution in [0.25, 0.3) is 0 Å². The van der Waals surface area contributed by atoms with Crippen molar-refractivity contribution in [2.24, 2.45) is 9.98 Å². The maximum absolute atomic E-state index is 11.8. The monoisotopic (exact) mass is 355 g/mol. The minimum atomic E-state index is -0.477. The highest BCUT2D eigenvalue weighted by Gasteiger charge is 2.14. The van der Waals surface area contributed by atoms with Crippen molar-refractivity contribution in [1.29, 1.82) is 0 Å². The number of alkyl carbamates (subject to hydrolysis) is 1. The smallest absolute Gasteiger partial charge is 0.407 e. The minimum Gasteiger partial charge on any atom is -0.494 e. The average molecular weight is 355 g/mol. The maximum Gasteiger partial charge on any atom is 0.407 e. The van der Waals surface area contributed by atoms with Crippen molar-refractivity contribution in [3.8, 4) is 5.75 Å². The molecular weight excluding hydrogens is 330 g/mol. The SMILES string of the molecule is C=CC1=N/C(=C\C)COC(=O)NCCCOc2ccc(C)c(c2)C1=NC. The van der Waals surface area contributed by atoms with E-state index in [-0.39, 0.29) is 6.61 Å². The van der Waals surface area contributed by atoms with Gasteiger partial charge in [0.2, 0.25) is 0 Å². The van der Waals surface area contributed by atoms with E-state index in [1.165, 1.54) is 0 Å². The average Bonchev–Trinajstić information content (AvgIpc) is 2.65. The molecular formula is C20H25N3O3. The fourth-order valence-corrected chi connectivity index (χ4v) is 2.49. The first kappa shape index (κ1) is 19.4. The minimum absolute atomic E-state index is 0.0756. The van der Waals surface area contributed by atoms with Crippen molar-refractivity contribution in [1.82, 2.24) is 5.32 Å². The molecule has 1 aromatic rings. The Morgan fingerprint density at radius 1 is 1.35 bits per heavy atom. The first-order chi connectivity index (χ1) is 12.6. The first-order valence-corrected chi connectivity index (χ1v) is 8.57. The predicted molar refractivity (Wildman–Crippen MR) is 104 cm³/mol. The largest absolute Gasteiger partial charge is 0.494 e. The van der Waals surface area contributed by atoms with Crippen molar-refractivity contribution in [3.63, 3.8) is 0 Å². The molecule has 2 bridgehead atoms. The van der Waals surface area contributed by atoms with Gasteiger partial charge in [-0.3, -0.25) is 4.99 Å². The van der Waals surface area contributed by atoms with E-state index in [1.807, 2.05) is 32.0 Å². The van der Waals surface area contributed by atoms with Gasteiger partial charge in [0.15, 0.2) is 0 Å². The fraction of sp³-hybridized carbons (Fsp3) is 0.350. The standard InChI is InChI=1S/C20H25N3O3/c1-5-15-13-26-20(24)22-10-7-11-25-16-9-8-14(3)17(12-16)19(21-4)18(6-2)23-15/h5-6,8-9,12H,2,7,10-11,13H2,1,3-4H3,(H,22,24)/b15-5-,21-19?,23-18?. The lowest BCUT2D eigenvalue weighted by Crippen LogP contribution is -2.27. The van der Waals surface area contributed by atoms with Gasteiger partial charge in [-0.1, -0.05) is 18.7 Å². The molecule has 1 aliphatic rings. The van der Waals surface area contributed by atoms with Crippen LogP contribution in [0.1, 0.15) is 24.5 Å². The molecule has 0 aliphatic carbocycles. The van der Waals surface area contributed by atoms with Crippen molar-refractivity contribution in [3.05, 3.63) is 53.8 Å². The van der Waals surface area contributed by atoms with E-state index in [4.69, 9.17) is 9.47 Å². The van der Waals surface area contributed by atoms with Crippen LogP contribution < -0.4 is 10.1 Å². The normalized spacial score (nSPS) is 19.5. The molecule has 1 N–H and O–H groups in total. The van der Waals surface area contributed by atoms with Gasteiger partial charge in [0.25, 0.3) is 0 Å². The second-order valence-electron chi connectivity index (χ2n) is 5.74. The number of aryl methyl sites for hydroxylation is 1. The van der Waals surface area contributed by atoms with Crippen LogP contribution >= 0.6 is 0 Å². The van der Waals surface area contributed by atoms with E-state index in [0.717, 1.165) is 16.9 Å². The molecule has 0 saturated heterocycles. The Kier molecular flexibility index (Phi) is 7.14. The number of aliphatic imine (C=N–C) groups is 2. The second-order valence-corrected chi connectivity index (χ2v) is 5.74. The number of nitrogens with zero attached hydrogens (tertiary/aromatic N) is 2. The number of amides is 1. The Hall–Kier alpha value is -2.89. The summed E-state index contributed by atoms with van der Waals surface area (Å²) < 4.78 is 11.0. The van der Waals surface area contributed by atoms with Gasteiger partial charge in [-0.2, -0.15) is 0 Å². The number of cyclic esters (lactones) is 1. The van der Waals surface area contributed by atoms with E-state index in [0.29, 0.717) is 36.7 Å². The van der Waals surface area contributed by atoms with Gasteiger partial charge in [0, 0.05) is 19.2 Å². The van der Waals surface area contributed by atoms with Gasteiger partial charge in [0.1, 0.15) is 12.4 Å². The summed E-state index contributed by atoms with van der Waals surface area (Å²) in [6, 6.07) is 5.88. The Bertz CT molecular complexity index is 764. The highest BCUT2D eigenvalue weighted by atomic mass is 16.5.